The first-order valence-electron chi connectivity index (χ1n) is 8.97. The molecule has 4 heteroatoms. The van der Waals surface area contributed by atoms with Crippen molar-refractivity contribution in [3.63, 3.8) is 0 Å². The van der Waals surface area contributed by atoms with Crippen molar-refractivity contribution in [2.45, 2.75) is 44.7 Å². The van der Waals surface area contributed by atoms with Gasteiger partial charge >= 0.3 is 0 Å². The molecule has 4 rings (SSSR count). The molecule has 1 aliphatic carbocycles. The van der Waals surface area contributed by atoms with Crippen LogP contribution < -0.4 is 0 Å². The molecule has 0 saturated heterocycles. The summed E-state index contributed by atoms with van der Waals surface area (Å²) in [5, 5.41) is 1.22. The van der Waals surface area contributed by atoms with Crippen LogP contribution in [0.5, 0.6) is 0 Å². The minimum atomic E-state index is 0.197. The molecule has 1 atom stereocenters. The summed E-state index contributed by atoms with van der Waals surface area (Å²) >= 11 is 0. The third kappa shape index (κ3) is 3.43. The summed E-state index contributed by atoms with van der Waals surface area (Å²) in [4.78, 5) is 22.4. The number of para-hydroxylation sites is 1. The summed E-state index contributed by atoms with van der Waals surface area (Å²) < 4.78 is 0. The third-order valence-electron chi connectivity index (χ3n) is 5.04. The fourth-order valence-corrected chi connectivity index (χ4v) is 3.48. The molecule has 1 fully saturated rings. The summed E-state index contributed by atoms with van der Waals surface area (Å²) in [6.07, 6.45) is 8.42. The highest BCUT2D eigenvalue weighted by atomic mass is 16.2. The molecule has 128 valence electrons. The van der Waals surface area contributed by atoms with Gasteiger partial charge in [0.2, 0.25) is 5.91 Å². The van der Waals surface area contributed by atoms with Crippen LogP contribution in [-0.2, 0) is 11.3 Å². The number of fused-ring (bicyclic) bond motifs is 1. The van der Waals surface area contributed by atoms with Crippen LogP contribution in [0.1, 0.15) is 43.2 Å². The quantitative estimate of drug-likeness (QED) is 0.733. The number of hydrogen-bond acceptors (Lipinski definition) is 2. The molecule has 1 unspecified atom stereocenters. The van der Waals surface area contributed by atoms with Gasteiger partial charge in [-0.05, 0) is 48.1 Å². The molecule has 0 aliphatic heterocycles. The Morgan fingerprint density at radius 2 is 2.00 bits per heavy atom. The lowest BCUT2D eigenvalue weighted by Crippen LogP contribution is -2.33. The second-order valence-corrected chi connectivity index (χ2v) is 7.00. The molecule has 1 amide bonds. The van der Waals surface area contributed by atoms with Gasteiger partial charge < -0.3 is 9.88 Å². The van der Waals surface area contributed by atoms with E-state index < -0.39 is 0 Å². The number of nitrogens with zero attached hydrogens (tertiary/aromatic N) is 2. The van der Waals surface area contributed by atoms with Crippen LogP contribution in [0, 0.1) is 0 Å². The number of nitrogens with one attached hydrogen (secondary N) is 1. The maximum atomic E-state index is 13.0. The minimum Gasteiger partial charge on any atom is -0.361 e. The van der Waals surface area contributed by atoms with Gasteiger partial charge in [-0.25, -0.2) is 0 Å². The van der Waals surface area contributed by atoms with E-state index in [0.29, 0.717) is 19.0 Å². The van der Waals surface area contributed by atoms with E-state index in [4.69, 9.17) is 0 Å². The minimum absolute atomic E-state index is 0.197. The Balaban J connectivity index is 1.49. The van der Waals surface area contributed by atoms with Gasteiger partial charge in [0.1, 0.15) is 0 Å². The van der Waals surface area contributed by atoms with Crippen molar-refractivity contribution in [3.05, 3.63) is 66.1 Å². The van der Waals surface area contributed by atoms with E-state index in [9.17, 15) is 4.79 Å². The van der Waals surface area contributed by atoms with Crippen LogP contribution in [0.25, 0.3) is 10.9 Å². The summed E-state index contributed by atoms with van der Waals surface area (Å²) in [7, 11) is 0. The lowest BCUT2D eigenvalue weighted by Gasteiger charge is -2.24. The highest BCUT2D eigenvalue weighted by Crippen LogP contribution is 2.32. The molecule has 0 bridgehead atoms. The first-order chi connectivity index (χ1) is 12.2. The molecule has 1 saturated carbocycles. The van der Waals surface area contributed by atoms with Crippen molar-refractivity contribution < 1.29 is 4.79 Å². The van der Waals surface area contributed by atoms with E-state index in [2.05, 4.69) is 33.9 Å². The monoisotopic (exact) mass is 333 g/mol. The maximum absolute atomic E-state index is 13.0. The van der Waals surface area contributed by atoms with Gasteiger partial charge in [0.05, 0.1) is 0 Å². The SMILES string of the molecule is CC(CC(=O)N(Cc1ccncc1)C1CC1)c1c[nH]c2ccccc12. The second-order valence-electron chi connectivity index (χ2n) is 7.00. The zero-order valence-electron chi connectivity index (χ0n) is 14.5. The summed E-state index contributed by atoms with van der Waals surface area (Å²) in [5.74, 6) is 0.444. The molecular formula is C21H23N3O. The molecule has 2 aromatic heterocycles. The first-order valence-corrected chi connectivity index (χ1v) is 8.97. The van der Waals surface area contributed by atoms with Crippen molar-refractivity contribution in [3.8, 4) is 0 Å². The zero-order valence-corrected chi connectivity index (χ0v) is 14.5. The normalized spacial score (nSPS) is 15.2. The first kappa shape index (κ1) is 15.9. The topological polar surface area (TPSA) is 49.0 Å². The van der Waals surface area contributed by atoms with Gasteiger partial charge in [0.25, 0.3) is 0 Å². The molecule has 1 aromatic carbocycles. The number of aromatic amines is 1. The Morgan fingerprint density at radius 1 is 1.24 bits per heavy atom. The van der Waals surface area contributed by atoms with Crippen molar-refractivity contribution in [2.75, 3.05) is 0 Å². The highest BCUT2D eigenvalue weighted by molar-refractivity contribution is 5.85. The summed E-state index contributed by atoms with van der Waals surface area (Å²) in [6, 6.07) is 12.7. The average Bonchev–Trinajstić information content (AvgIpc) is 3.38. The molecule has 2 heterocycles. The Morgan fingerprint density at radius 3 is 2.76 bits per heavy atom. The smallest absolute Gasteiger partial charge is 0.223 e. The van der Waals surface area contributed by atoms with Crippen LogP contribution in [-0.4, -0.2) is 26.8 Å². The van der Waals surface area contributed by atoms with E-state index in [1.54, 1.807) is 12.4 Å². The Hall–Kier alpha value is -2.62. The lowest BCUT2D eigenvalue weighted by molar-refractivity contribution is -0.132. The molecule has 1 N–H and O–H groups in total. The van der Waals surface area contributed by atoms with E-state index in [0.717, 1.165) is 23.9 Å². The maximum Gasteiger partial charge on any atom is 0.223 e. The zero-order chi connectivity index (χ0) is 17.2. The number of aromatic nitrogens is 2. The fraction of sp³-hybridized carbons (Fsp3) is 0.333. The van der Waals surface area contributed by atoms with Gasteiger partial charge in [-0.15, -0.1) is 0 Å². The average molecular weight is 333 g/mol. The van der Waals surface area contributed by atoms with Gasteiger partial charge in [-0.3, -0.25) is 9.78 Å². The van der Waals surface area contributed by atoms with Crippen molar-refractivity contribution in [2.24, 2.45) is 0 Å². The third-order valence-corrected chi connectivity index (χ3v) is 5.04. The molecule has 4 nitrogen and oxygen atoms in total. The number of pyridine rings is 1. The lowest BCUT2D eigenvalue weighted by atomic mass is 9.96. The van der Waals surface area contributed by atoms with Crippen molar-refractivity contribution in [1.29, 1.82) is 0 Å². The molecule has 0 radical (unpaired) electrons. The van der Waals surface area contributed by atoms with Crippen LogP contribution in [0.15, 0.2) is 55.0 Å². The van der Waals surface area contributed by atoms with Crippen LogP contribution in [0.2, 0.25) is 0 Å². The van der Waals surface area contributed by atoms with E-state index in [1.165, 1.54) is 10.9 Å². The van der Waals surface area contributed by atoms with E-state index >= 15 is 0 Å². The van der Waals surface area contributed by atoms with Crippen LogP contribution in [0.4, 0.5) is 0 Å². The number of amides is 1. The number of H-pyrrole nitrogens is 1. The number of rotatable bonds is 6. The Labute approximate surface area is 147 Å². The second kappa shape index (κ2) is 6.71. The number of benzene rings is 1. The Kier molecular flexibility index (Phi) is 4.26. The van der Waals surface area contributed by atoms with Crippen LogP contribution in [0.3, 0.4) is 0 Å². The van der Waals surface area contributed by atoms with Gasteiger partial charge in [0, 0.05) is 48.5 Å². The van der Waals surface area contributed by atoms with Crippen molar-refractivity contribution in [1.82, 2.24) is 14.9 Å². The molecule has 3 aromatic rings. The molecular weight excluding hydrogens is 310 g/mol. The summed E-state index contributed by atoms with van der Waals surface area (Å²) in [6.45, 7) is 2.83. The predicted molar refractivity (Wildman–Crippen MR) is 99.1 cm³/mol. The van der Waals surface area contributed by atoms with Crippen LogP contribution >= 0.6 is 0 Å². The van der Waals surface area contributed by atoms with E-state index in [1.807, 2.05) is 30.5 Å². The van der Waals surface area contributed by atoms with Gasteiger partial charge in [-0.1, -0.05) is 25.1 Å². The largest absolute Gasteiger partial charge is 0.361 e. The number of carbonyl (C=O) groups is 1. The molecule has 25 heavy (non-hydrogen) atoms. The number of carbonyl (C=O) groups excluding carboxylic acids is 1. The standard InChI is InChI=1S/C21H23N3O/c1-15(19-13-23-20-5-3-2-4-18(19)20)12-21(25)24(17-6-7-17)14-16-8-10-22-11-9-16/h2-5,8-11,13,15,17,23H,6-7,12,14H2,1H3. The fourth-order valence-electron chi connectivity index (χ4n) is 3.48. The van der Waals surface area contributed by atoms with Gasteiger partial charge in [-0.2, -0.15) is 0 Å². The highest BCUT2D eigenvalue weighted by Gasteiger charge is 2.33. The van der Waals surface area contributed by atoms with E-state index in [-0.39, 0.29) is 11.8 Å². The Bertz CT molecular complexity index is 867. The number of hydrogen-bond donors (Lipinski definition) is 1. The molecule has 1 aliphatic rings. The predicted octanol–water partition coefficient (Wildman–Crippen LogP) is 4.25. The van der Waals surface area contributed by atoms with Crippen molar-refractivity contribution >= 4 is 16.8 Å². The summed E-state index contributed by atoms with van der Waals surface area (Å²) in [5.41, 5.74) is 3.51. The molecule has 0 spiro atoms. The van der Waals surface area contributed by atoms with Gasteiger partial charge in [0.15, 0.2) is 0 Å².